The molecular formula is C12H15N3O4S. The van der Waals surface area contributed by atoms with E-state index in [4.69, 9.17) is 5.26 Å². The van der Waals surface area contributed by atoms with Crippen molar-refractivity contribution in [2.45, 2.75) is 31.2 Å². The van der Waals surface area contributed by atoms with E-state index in [1.807, 2.05) is 6.07 Å². The van der Waals surface area contributed by atoms with Crippen molar-refractivity contribution in [3.63, 3.8) is 0 Å². The Bertz CT molecular complexity index is 664. The maximum Gasteiger partial charge on any atom is 0.273 e. The van der Waals surface area contributed by atoms with Crippen molar-refractivity contribution in [1.82, 2.24) is 4.31 Å². The molecule has 0 aliphatic heterocycles. The van der Waals surface area contributed by atoms with Crippen molar-refractivity contribution in [3.05, 3.63) is 33.9 Å². The molecule has 0 amide bonds. The van der Waals surface area contributed by atoms with Gasteiger partial charge in [0.25, 0.3) is 5.69 Å². The van der Waals surface area contributed by atoms with Crippen LogP contribution in [-0.2, 0) is 10.0 Å². The molecule has 0 fully saturated rings. The van der Waals surface area contributed by atoms with Gasteiger partial charge in [-0.25, -0.2) is 8.42 Å². The van der Waals surface area contributed by atoms with E-state index in [1.165, 1.54) is 32.2 Å². The molecule has 0 saturated carbocycles. The Balaban J connectivity index is 3.34. The molecule has 0 spiro atoms. The summed E-state index contributed by atoms with van der Waals surface area (Å²) in [5, 5.41) is 19.5. The van der Waals surface area contributed by atoms with E-state index in [0.717, 1.165) is 4.31 Å². The number of nitro benzene ring substituents is 1. The van der Waals surface area contributed by atoms with E-state index in [2.05, 4.69) is 0 Å². The number of rotatable bonds is 5. The van der Waals surface area contributed by atoms with Crippen LogP contribution in [0.4, 0.5) is 5.69 Å². The smallest absolute Gasteiger partial charge is 0.258 e. The van der Waals surface area contributed by atoms with E-state index in [1.54, 1.807) is 6.92 Å². The van der Waals surface area contributed by atoms with Crippen LogP contribution in [0.5, 0.6) is 0 Å². The molecule has 0 aliphatic rings. The predicted molar refractivity (Wildman–Crippen MR) is 72.5 cm³/mol. The van der Waals surface area contributed by atoms with Gasteiger partial charge in [0, 0.05) is 24.7 Å². The number of benzene rings is 1. The highest BCUT2D eigenvalue weighted by atomic mass is 32.2. The molecule has 0 saturated heterocycles. The number of nitrogens with zero attached hydrogens (tertiary/aromatic N) is 3. The summed E-state index contributed by atoms with van der Waals surface area (Å²) < 4.78 is 25.9. The van der Waals surface area contributed by atoms with Crippen molar-refractivity contribution in [2.75, 3.05) is 7.05 Å². The molecule has 0 radical (unpaired) electrons. The summed E-state index contributed by atoms with van der Waals surface area (Å²) in [6.07, 6.45) is 0.0453. The average molecular weight is 297 g/mol. The van der Waals surface area contributed by atoms with Crippen molar-refractivity contribution < 1.29 is 13.3 Å². The standard InChI is InChI=1S/C12H15N3O4S/c1-9(7-8-13)14(3)20(18,19)12-6-4-5-11(10(12)2)15(16)17/h4-6,9H,7H2,1-3H3. The van der Waals surface area contributed by atoms with Crippen molar-refractivity contribution in [3.8, 4) is 6.07 Å². The van der Waals surface area contributed by atoms with E-state index in [0.29, 0.717) is 0 Å². The fourth-order valence-electron chi connectivity index (χ4n) is 1.73. The van der Waals surface area contributed by atoms with Gasteiger partial charge in [-0.1, -0.05) is 6.07 Å². The second kappa shape index (κ2) is 5.98. The van der Waals surface area contributed by atoms with Gasteiger partial charge >= 0.3 is 0 Å². The quantitative estimate of drug-likeness (QED) is 0.609. The minimum atomic E-state index is -3.87. The molecular weight excluding hydrogens is 282 g/mol. The Hall–Kier alpha value is -1.98. The van der Waals surface area contributed by atoms with Crippen LogP contribution in [0.1, 0.15) is 18.9 Å². The Morgan fingerprint density at radius 3 is 2.60 bits per heavy atom. The number of hydrogen-bond acceptors (Lipinski definition) is 5. The summed E-state index contributed by atoms with van der Waals surface area (Å²) >= 11 is 0. The lowest BCUT2D eigenvalue weighted by Crippen LogP contribution is -2.35. The second-order valence-corrected chi connectivity index (χ2v) is 6.36. The van der Waals surface area contributed by atoms with Crippen LogP contribution in [0.25, 0.3) is 0 Å². The van der Waals surface area contributed by atoms with Crippen LogP contribution in [-0.4, -0.2) is 30.7 Å². The van der Waals surface area contributed by atoms with Crippen LogP contribution in [0.15, 0.2) is 23.1 Å². The Morgan fingerprint density at radius 1 is 1.50 bits per heavy atom. The molecule has 20 heavy (non-hydrogen) atoms. The number of hydrogen-bond donors (Lipinski definition) is 0. The molecule has 108 valence electrons. The second-order valence-electron chi connectivity index (χ2n) is 4.39. The average Bonchev–Trinajstić information content (AvgIpc) is 2.37. The first-order chi connectivity index (χ1) is 9.23. The van der Waals surface area contributed by atoms with Gasteiger partial charge < -0.3 is 0 Å². The summed E-state index contributed by atoms with van der Waals surface area (Å²) in [6.45, 7) is 3.00. The van der Waals surface area contributed by atoms with Gasteiger partial charge in [0.05, 0.1) is 22.3 Å². The summed E-state index contributed by atoms with van der Waals surface area (Å²) in [6, 6.07) is 5.31. The highest BCUT2D eigenvalue weighted by Gasteiger charge is 2.29. The molecule has 1 rings (SSSR count). The summed E-state index contributed by atoms with van der Waals surface area (Å²) in [7, 11) is -2.51. The molecule has 1 atom stereocenters. The fraction of sp³-hybridized carbons (Fsp3) is 0.417. The van der Waals surface area contributed by atoms with Gasteiger partial charge in [0.2, 0.25) is 10.0 Å². The first-order valence-corrected chi connectivity index (χ1v) is 7.26. The van der Waals surface area contributed by atoms with Crippen LogP contribution in [0.3, 0.4) is 0 Å². The lowest BCUT2D eigenvalue weighted by atomic mass is 10.2. The molecule has 0 bridgehead atoms. The van der Waals surface area contributed by atoms with Gasteiger partial charge in [-0.05, 0) is 19.9 Å². The molecule has 1 unspecified atom stereocenters. The molecule has 0 aliphatic carbocycles. The van der Waals surface area contributed by atoms with Gasteiger partial charge in [0.1, 0.15) is 0 Å². The largest absolute Gasteiger partial charge is 0.273 e. The third-order valence-corrected chi connectivity index (χ3v) is 5.23. The van der Waals surface area contributed by atoms with Gasteiger partial charge in [-0.2, -0.15) is 9.57 Å². The molecule has 7 nitrogen and oxygen atoms in total. The maximum absolute atomic E-state index is 12.4. The predicted octanol–water partition coefficient (Wildman–Crippen LogP) is 1.83. The number of nitro groups is 1. The topological polar surface area (TPSA) is 104 Å². The highest BCUT2D eigenvalue weighted by molar-refractivity contribution is 7.89. The minimum Gasteiger partial charge on any atom is -0.258 e. The zero-order valence-electron chi connectivity index (χ0n) is 11.4. The molecule has 1 aromatic carbocycles. The zero-order chi connectivity index (χ0) is 15.5. The van der Waals surface area contributed by atoms with Crippen LogP contribution in [0.2, 0.25) is 0 Å². The lowest BCUT2D eigenvalue weighted by Gasteiger charge is -2.23. The van der Waals surface area contributed by atoms with E-state index < -0.39 is 21.0 Å². The SMILES string of the molecule is Cc1c([N+](=O)[O-])cccc1S(=O)(=O)N(C)C(C)CC#N. The Labute approximate surface area is 117 Å². The van der Waals surface area contributed by atoms with Crippen LogP contribution >= 0.6 is 0 Å². The Kier molecular flexibility index (Phi) is 4.81. The minimum absolute atomic E-state index is 0.0453. The Morgan fingerprint density at radius 2 is 2.10 bits per heavy atom. The highest BCUT2D eigenvalue weighted by Crippen LogP contribution is 2.27. The van der Waals surface area contributed by atoms with Crippen LogP contribution in [0, 0.1) is 28.4 Å². The molecule has 1 aromatic rings. The molecule has 0 N–H and O–H groups in total. The van der Waals surface area contributed by atoms with E-state index in [9.17, 15) is 18.5 Å². The van der Waals surface area contributed by atoms with Crippen molar-refractivity contribution in [2.24, 2.45) is 0 Å². The first kappa shape index (κ1) is 16.1. The number of sulfonamides is 1. The lowest BCUT2D eigenvalue weighted by molar-refractivity contribution is -0.385. The molecule has 8 heteroatoms. The van der Waals surface area contributed by atoms with Crippen molar-refractivity contribution in [1.29, 1.82) is 5.26 Å². The third kappa shape index (κ3) is 2.95. The normalized spacial score (nSPS) is 12.9. The van der Waals surface area contributed by atoms with Gasteiger partial charge in [-0.15, -0.1) is 0 Å². The zero-order valence-corrected chi connectivity index (χ0v) is 12.2. The summed E-state index contributed by atoms with van der Waals surface area (Å²) in [5.74, 6) is 0. The van der Waals surface area contributed by atoms with Crippen molar-refractivity contribution >= 4 is 15.7 Å². The van der Waals surface area contributed by atoms with Crippen LogP contribution < -0.4 is 0 Å². The van der Waals surface area contributed by atoms with E-state index >= 15 is 0 Å². The fourth-order valence-corrected chi connectivity index (χ4v) is 3.33. The third-order valence-electron chi connectivity index (χ3n) is 3.12. The number of nitriles is 1. The summed E-state index contributed by atoms with van der Waals surface area (Å²) in [4.78, 5) is 10.1. The van der Waals surface area contributed by atoms with Gasteiger partial charge in [0.15, 0.2) is 0 Å². The molecule has 0 heterocycles. The first-order valence-electron chi connectivity index (χ1n) is 5.82. The molecule has 0 aromatic heterocycles. The maximum atomic E-state index is 12.4. The van der Waals surface area contributed by atoms with E-state index in [-0.39, 0.29) is 22.6 Å². The van der Waals surface area contributed by atoms with Gasteiger partial charge in [-0.3, -0.25) is 10.1 Å². The monoisotopic (exact) mass is 297 g/mol. The summed E-state index contributed by atoms with van der Waals surface area (Å²) in [5.41, 5.74) is -0.152.